The van der Waals surface area contributed by atoms with Crippen molar-refractivity contribution < 1.29 is 39.0 Å². The summed E-state index contributed by atoms with van der Waals surface area (Å²) >= 11 is 0. The maximum atomic E-state index is 13.9. The molecule has 6 atom stereocenters. The van der Waals surface area contributed by atoms with E-state index < -0.39 is 59.0 Å². The molecule has 3 aromatic carbocycles. The number of benzene rings is 3. The van der Waals surface area contributed by atoms with Gasteiger partial charge in [0.05, 0.1) is 12.1 Å². The Morgan fingerprint density at radius 1 is 0.597 bits per heavy atom. The van der Waals surface area contributed by atoms with Crippen molar-refractivity contribution in [2.24, 2.45) is 23.3 Å². The third-order valence-electron chi connectivity index (χ3n) is 13.3. The first-order valence-corrected chi connectivity index (χ1v) is 21.7. The highest BCUT2D eigenvalue weighted by Crippen LogP contribution is 2.49. The van der Waals surface area contributed by atoms with Gasteiger partial charge in [-0.1, -0.05) is 102 Å². The Morgan fingerprint density at radius 2 is 0.968 bits per heavy atom. The number of carboxylic acid groups (broad SMARTS) is 2. The van der Waals surface area contributed by atoms with E-state index >= 15 is 0 Å². The second-order valence-corrected chi connectivity index (χ2v) is 18.0. The number of hydrogen-bond acceptors (Lipinski definition) is 7. The monoisotopic (exact) mass is 851 g/mol. The predicted molar refractivity (Wildman–Crippen MR) is 234 cm³/mol. The molecule has 15 nitrogen and oxygen atoms in total. The zero-order valence-corrected chi connectivity index (χ0v) is 36.5. The fourth-order valence-electron chi connectivity index (χ4n) is 10.1. The predicted octanol–water partition coefficient (Wildman–Crippen LogP) is 6.08. The zero-order valence-electron chi connectivity index (χ0n) is 36.5. The Bertz CT molecular complexity index is 2030. The molecule has 62 heavy (non-hydrogen) atoms. The quantitative estimate of drug-likeness (QED) is 0.110. The van der Waals surface area contributed by atoms with Gasteiger partial charge in [-0.05, 0) is 96.2 Å². The second-order valence-electron chi connectivity index (χ2n) is 18.0. The summed E-state index contributed by atoms with van der Waals surface area (Å²) in [6.07, 6.45) is 0.562. The van der Waals surface area contributed by atoms with E-state index in [2.05, 4.69) is 53.6 Å². The third kappa shape index (κ3) is 8.28. The molecule has 3 aliphatic rings. The number of amides is 6. The molecule has 3 saturated heterocycles. The van der Waals surface area contributed by atoms with Crippen LogP contribution in [0.1, 0.15) is 126 Å². The molecular weight excluding hydrogens is 791 g/mol. The van der Waals surface area contributed by atoms with Gasteiger partial charge in [-0.15, -0.1) is 0 Å². The zero-order chi connectivity index (χ0) is 45.3. The highest BCUT2D eigenvalue weighted by Gasteiger charge is 2.53. The molecule has 3 aliphatic heterocycles. The van der Waals surface area contributed by atoms with E-state index in [0.717, 1.165) is 29.7 Å². The summed E-state index contributed by atoms with van der Waals surface area (Å²) in [7, 11) is 0. The highest BCUT2D eigenvalue weighted by atomic mass is 16.4. The van der Waals surface area contributed by atoms with Gasteiger partial charge in [-0.25, -0.2) is 9.59 Å². The standard InChI is InChI=1S/C47H61N7O8/c1-27(2)30-13-19-35(20-14-30)54-36(31-9-15-33(16-10-31)46(42(48)57)23-7-25-52(46)40(55)38(28(3)4)50-44(59)60)21-22-37(54)32-11-17-34(18-12-32)47(43(49)58)24-8-26-53(47)41(56)39(29(5)6)51-45(61)62/h9-20,27-29,36-39,50-51H,7-8,21-26H2,1-6H3,(H2,48,57)(H2,49,58)(H,59,60)(H,61,62)/t36-,37-,38+,39+,46+,47+/m1/s1. The van der Waals surface area contributed by atoms with E-state index in [9.17, 15) is 39.0 Å². The number of likely N-dealkylation sites (tertiary alicyclic amines) is 2. The largest absolute Gasteiger partial charge is 0.465 e. The van der Waals surface area contributed by atoms with Gasteiger partial charge in [0.2, 0.25) is 23.6 Å². The maximum Gasteiger partial charge on any atom is 0.405 e. The summed E-state index contributed by atoms with van der Waals surface area (Å²) in [5, 5.41) is 23.6. The van der Waals surface area contributed by atoms with Crippen LogP contribution in [0.2, 0.25) is 0 Å². The summed E-state index contributed by atoms with van der Waals surface area (Å²) in [5.74, 6) is -2.74. The minimum atomic E-state index is -1.44. The SMILES string of the molecule is CC(C)c1ccc(N2[C@@H](c3ccc([C@]4(C(N)=O)CCCN4C(=O)[C@@H](NC(=O)O)C(C)C)cc3)CC[C@@H]2c2ccc([C@]3(C(N)=O)CCCN3C(=O)[C@@H](NC(=O)O)C(C)C)cc2)cc1. The Morgan fingerprint density at radius 3 is 1.27 bits per heavy atom. The van der Waals surface area contributed by atoms with Crippen LogP contribution >= 0.6 is 0 Å². The fraction of sp³-hybridized carbons (Fsp3) is 0.489. The number of nitrogens with one attached hydrogen (secondary N) is 2. The average molecular weight is 852 g/mol. The molecule has 6 rings (SSSR count). The Kier molecular flexibility index (Phi) is 13.2. The van der Waals surface area contributed by atoms with Crippen molar-refractivity contribution >= 4 is 41.5 Å². The number of carbonyl (C=O) groups is 6. The number of nitrogens with two attached hydrogens (primary N) is 2. The lowest BCUT2D eigenvalue weighted by atomic mass is 9.84. The van der Waals surface area contributed by atoms with Crippen LogP contribution in [0, 0.1) is 11.8 Å². The van der Waals surface area contributed by atoms with Crippen LogP contribution in [0.15, 0.2) is 72.8 Å². The normalized spacial score (nSPS) is 23.5. The van der Waals surface area contributed by atoms with Crippen molar-refractivity contribution in [3.63, 3.8) is 0 Å². The van der Waals surface area contributed by atoms with Gasteiger partial charge in [0.1, 0.15) is 23.2 Å². The van der Waals surface area contributed by atoms with Crippen LogP contribution in [0.3, 0.4) is 0 Å². The number of anilines is 1. The summed E-state index contributed by atoms with van der Waals surface area (Å²) < 4.78 is 0. The first kappa shape index (κ1) is 45.4. The molecule has 6 amide bonds. The number of carbonyl (C=O) groups excluding carboxylic acids is 4. The first-order chi connectivity index (χ1) is 29.3. The molecule has 332 valence electrons. The van der Waals surface area contributed by atoms with E-state index in [0.29, 0.717) is 42.7 Å². The summed E-state index contributed by atoms with van der Waals surface area (Å²) in [5.41, 5.74) is 14.7. The van der Waals surface area contributed by atoms with Crippen molar-refractivity contribution in [1.82, 2.24) is 20.4 Å². The van der Waals surface area contributed by atoms with Crippen LogP contribution in [-0.4, -0.2) is 81.0 Å². The highest BCUT2D eigenvalue weighted by molar-refractivity contribution is 5.96. The number of primary amides is 2. The van der Waals surface area contributed by atoms with Gasteiger partial charge in [0.25, 0.3) is 0 Å². The minimum absolute atomic E-state index is 0.0934. The smallest absolute Gasteiger partial charge is 0.405 e. The van der Waals surface area contributed by atoms with Gasteiger partial charge in [0, 0.05) is 18.8 Å². The second kappa shape index (κ2) is 18.1. The van der Waals surface area contributed by atoms with Gasteiger partial charge in [-0.3, -0.25) is 19.2 Å². The summed E-state index contributed by atoms with van der Waals surface area (Å²) in [4.78, 5) is 83.3. The molecular formula is C47H61N7O8. The van der Waals surface area contributed by atoms with Crippen molar-refractivity contribution in [1.29, 1.82) is 0 Å². The third-order valence-corrected chi connectivity index (χ3v) is 13.3. The fourth-order valence-corrected chi connectivity index (χ4v) is 10.1. The lowest BCUT2D eigenvalue weighted by Crippen LogP contribution is -2.59. The topological polar surface area (TPSA) is 229 Å². The molecule has 0 radical (unpaired) electrons. The number of nitrogens with zero attached hydrogens (tertiary/aromatic N) is 3. The van der Waals surface area contributed by atoms with Crippen LogP contribution in [0.4, 0.5) is 15.3 Å². The van der Waals surface area contributed by atoms with E-state index in [4.69, 9.17) is 11.5 Å². The van der Waals surface area contributed by atoms with Crippen LogP contribution in [-0.2, 0) is 30.3 Å². The van der Waals surface area contributed by atoms with Gasteiger partial charge < -0.3 is 47.0 Å². The van der Waals surface area contributed by atoms with Gasteiger partial charge in [-0.2, -0.15) is 0 Å². The van der Waals surface area contributed by atoms with E-state index in [-0.39, 0.29) is 37.0 Å². The number of rotatable bonds is 14. The Balaban J connectivity index is 1.34. The summed E-state index contributed by atoms with van der Waals surface area (Å²) in [6.45, 7) is 11.8. The van der Waals surface area contributed by atoms with Crippen molar-refractivity contribution in [3.05, 3.63) is 101 Å². The van der Waals surface area contributed by atoms with Crippen molar-refractivity contribution in [2.75, 3.05) is 18.0 Å². The molecule has 0 bridgehead atoms. The molecule has 3 fully saturated rings. The molecule has 3 heterocycles. The molecule has 0 saturated carbocycles. The molecule has 3 aromatic rings. The summed E-state index contributed by atoms with van der Waals surface area (Å²) in [6, 6.07) is 21.6. The van der Waals surface area contributed by atoms with Crippen LogP contribution in [0.5, 0.6) is 0 Å². The van der Waals surface area contributed by atoms with Gasteiger partial charge in [0.15, 0.2) is 0 Å². The first-order valence-electron chi connectivity index (χ1n) is 21.7. The minimum Gasteiger partial charge on any atom is -0.465 e. The Hall–Kier alpha value is -6.12. The maximum absolute atomic E-state index is 13.9. The molecule has 0 unspecified atom stereocenters. The van der Waals surface area contributed by atoms with E-state index in [1.165, 1.54) is 15.4 Å². The molecule has 0 aliphatic carbocycles. The molecule has 0 aromatic heterocycles. The van der Waals surface area contributed by atoms with Crippen molar-refractivity contribution in [3.8, 4) is 0 Å². The Labute approximate surface area is 363 Å². The van der Waals surface area contributed by atoms with E-state index in [1.807, 2.05) is 48.5 Å². The van der Waals surface area contributed by atoms with Crippen LogP contribution in [0.25, 0.3) is 0 Å². The van der Waals surface area contributed by atoms with Crippen molar-refractivity contribution in [2.45, 2.75) is 121 Å². The lowest BCUT2D eigenvalue weighted by molar-refractivity contribution is -0.146. The lowest BCUT2D eigenvalue weighted by Gasteiger charge is -2.39. The molecule has 8 N–H and O–H groups in total. The molecule has 0 spiro atoms. The van der Waals surface area contributed by atoms with E-state index in [1.54, 1.807) is 27.7 Å². The molecule has 15 heteroatoms. The average Bonchev–Trinajstić information content (AvgIpc) is 4.00. The number of hydrogen-bond donors (Lipinski definition) is 6. The van der Waals surface area contributed by atoms with Gasteiger partial charge >= 0.3 is 12.2 Å². The van der Waals surface area contributed by atoms with Crippen LogP contribution < -0.4 is 27.0 Å².